The molecule has 41 heavy (non-hydrogen) atoms. The Morgan fingerprint density at radius 3 is 1.12 bits per heavy atom. The third kappa shape index (κ3) is 9.79. The molecule has 0 aliphatic carbocycles. The molecule has 0 aromatic heterocycles. The van der Waals surface area contributed by atoms with Crippen molar-refractivity contribution in [3.05, 3.63) is 192 Å². The summed E-state index contributed by atoms with van der Waals surface area (Å²) < 4.78 is 0. The molecule has 0 fully saturated rings. The summed E-state index contributed by atoms with van der Waals surface area (Å²) in [7, 11) is -0.715. The summed E-state index contributed by atoms with van der Waals surface area (Å²) in [6.07, 6.45) is 4.51. The molecule has 6 rings (SSSR count). The van der Waals surface area contributed by atoms with Crippen LogP contribution in [-0.4, -0.2) is 0 Å². The zero-order chi connectivity index (χ0) is 27.2. The average molecular weight is 607 g/mol. The van der Waals surface area contributed by atoms with Gasteiger partial charge in [0.05, 0.1) is 0 Å². The van der Waals surface area contributed by atoms with E-state index in [-0.39, 0.29) is 33.2 Å². The van der Waals surface area contributed by atoms with Gasteiger partial charge in [0, 0.05) is 17.4 Å². The fourth-order valence-electron chi connectivity index (χ4n) is 4.92. The summed E-state index contributed by atoms with van der Waals surface area (Å²) >= 11 is 0. The number of rotatable bonds is 10. The Morgan fingerprint density at radius 1 is 0.415 bits per heavy atom. The average Bonchev–Trinajstić information content (AvgIpc) is 3.75. The zero-order valence-corrected chi connectivity index (χ0v) is 26.4. The normalized spacial score (nSPS) is 10.6. The van der Waals surface area contributed by atoms with Gasteiger partial charge in [-0.2, -0.15) is 6.07 Å². The van der Waals surface area contributed by atoms with E-state index in [1.807, 2.05) is 30.3 Å². The topological polar surface area (TPSA) is 0 Å². The van der Waals surface area contributed by atoms with Gasteiger partial charge in [-0.1, -0.05) is 129 Å². The van der Waals surface area contributed by atoms with Crippen molar-refractivity contribution < 1.29 is 17.4 Å². The summed E-state index contributed by atoms with van der Waals surface area (Å²) in [6.45, 7) is 0. The van der Waals surface area contributed by atoms with Crippen LogP contribution in [0.5, 0.6) is 0 Å². The minimum atomic E-state index is -0.358. The summed E-state index contributed by atoms with van der Waals surface area (Å²) in [5.74, 6) is 0. The molecule has 0 amide bonds. The molecule has 0 aliphatic heterocycles. The molecular formula is C38H36CrP2-6. The Balaban J connectivity index is 0.000000584. The molecule has 0 heterocycles. The van der Waals surface area contributed by atoms with Crippen LogP contribution >= 0.6 is 15.8 Å². The number of hydrogen-bond acceptors (Lipinski definition) is 0. The van der Waals surface area contributed by atoms with E-state index < -0.39 is 0 Å². The maximum absolute atomic E-state index is 2.43. The first-order valence-electron chi connectivity index (χ1n) is 13.9. The fraction of sp³-hybridized carbons (Fsp3) is 0.105. The molecule has 0 bridgehead atoms. The first-order chi connectivity index (χ1) is 19.8. The van der Waals surface area contributed by atoms with Crippen molar-refractivity contribution in [1.82, 2.24) is 0 Å². The zero-order valence-electron chi connectivity index (χ0n) is 23.3. The number of benzene rings is 4. The van der Waals surface area contributed by atoms with E-state index in [9.17, 15) is 0 Å². The predicted octanol–water partition coefficient (Wildman–Crippen LogP) is 9.82. The molecule has 0 saturated carbocycles. The van der Waals surface area contributed by atoms with E-state index in [0.29, 0.717) is 0 Å². The van der Waals surface area contributed by atoms with Crippen LogP contribution in [0.25, 0.3) is 0 Å². The summed E-state index contributed by atoms with van der Waals surface area (Å²) in [6, 6.07) is 61.4. The van der Waals surface area contributed by atoms with Crippen LogP contribution < -0.4 is 10.6 Å². The second kappa shape index (κ2) is 17.0. The minimum Gasteiger partial charge on any atom is -0.748 e. The van der Waals surface area contributed by atoms with Crippen LogP contribution in [0.4, 0.5) is 0 Å². The van der Waals surface area contributed by atoms with Crippen LogP contribution in [0, 0.1) is 0 Å². The van der Waals surface area contributed by atoms with Gasteiger partial charge in [-0.15, -0.1) is 18.5 Å². The van der Waals surface area contributed by atoms with Gasteiger partial charge in [0.2, 0.25) is 0 Å². The molecule has 0 unspecified atom stereocenters. The predicted molar refractivity (Wildman–Crippen MR) is 178 cm³/mol. The van der Waals surface area contributed by atoms with Crippen molar-refractivity contribution in [2.75, 3.05) is 0 Å². The molecule has 0 spiro atoms. The largest absolute Gasteiger partial charge is 0.748 e. The van der Waals surface area contributed by atoms with E-state index in [4.69, 9.17) is 0 Å². The quantitative estimate of drug-likeness (QED) is 0.108. The molecule has 0 N–H and O–H groups in total. The second-order valence-corrected chi connectivity index (χ2v) is 14.3. The Labute approximate surface area is 259 Å². The number of hydrogen-bond donors (Lipinski definition) is 0. The van der Waals surface area contributed by atoms with Crippen molar-refractivity contribution in [1.29, 1.82) is 0 Å². The Hall–Kier alpha value is -3.03. The maximum atomic E-state index is 2.43. The summed E-state index contributed by atoms with van der Waals surface area (Å²) in [4.78, 5) is 0. The van der Waals surface area contributed by atoms with Crippen molar-refractivity contribution >= 4 is 26.5 Å². The Morgan fingerprint density at radius 2 is 0.756 bits per heavy atom. The molecule has 6 aromatic carbocycles. The van der Waals surface area contributed by atoms with E-state index in [1.165, 1.54) is 22.3 Å². The van der Waals surface area contributed by atoms with E-state index in [0.717, 1.165) is 24.6 Å². The summed E-state index contributed by atoms with van der Waals surface area (Å²) in [5, 5.41) is 3.20. The van der Waals surface area contributed by atoms with Crippen molar-refractivity contribution in [3.63, 3.8) is 0 Å². The minimum absolute atomic E-state index is 0. The third-order valence-electron chi connectivity index (χ3n) is 6.87. The van der Waals surface area contributed by atoms with Gasteiger partial charge in [0.1, 0.15) is 0 Å². The second-order valence-electron chi connectivity index (χ2n) is 9.91. The van der Waals surface area contributed by atoms with Gasteiger partial charge < -0.3 is 30.3 Å². The monoisotopic (exact) mass is 606 g/mol. The van der Waals surface area contributed by atoms with Crippen LogP contribution in [-0.2, 0) is 42.0 Å². The third-order valence-corrected chi connectivity index (χ3v) is 12.2. The van der Waals surface area contributed by atoms with E-state index >= 15 is 0 Å². The van der Waals surface area contributed by atoms with Gasteiger partial charge in [-0.05, 0) is 46.9 Å². The van der Waals surface area contributed by atoms with Gasteiger partial charge in [-0.25, -0.2) is 12.1 Å². The van der Waals surface area contributed by atoms with Crippen LogP contribution in [0.1, 0.15) is 22.3 Å². The first-order valence-corrected chi connectivity index (χ1v) is 17.4. The van der Waals surface area contributed by atoms with Gasteiger partial charge in [-0.3, -0.25) is 0 Å². The fourth-order valence-corrected chi connectivity index (χ4v) is 10.7. The maximum Gasteiger partial charge on any atom is 0 e. The molecule has 0 aliphatic rings. The van der Waals surface area contributed by atoms with Gasteiger partial charge in [0.15, 0.2) is 0 Å². The van der Waals surface area contributed by atoms with Crippen LogP contribution in [0.3, 0.4) is 0 Å². The van der Waals surface area contributed by atoms with Crippen LogP contribution in [0.2, 0.25) is 0 Å². The van der Waals surface area contributed by atoms with Crippen molar-refractivity contribution in [3.8, 4) is 0 Å². The molecule has 3 heteroatoms. The standard InChI is InChI=1S/C33H31P2.C5H5.Cr/c1-5-14-28(15-6-1)24-34(25-29-16-7-2-8-17-29)32-22-13-23-33(32)35(26-30-18-9-3-10-19-30)27-31-20-11-4-12-21-31;1-2-4-5-3-1;/h1-23H,24-27H2;1-5H;/q-1;-5;. The molecule has 0 atom stereocenters. The molecular weight excluding hydrogens is 570 g/mol. The van der Waals surface area contributed by atoms with Gasteiger partial charge >= 0.3 is 0 Å². The Bertz CT molecular complexity index is 1280. The molecule has 210 valence electrons. The van der Waals surface area contributed by atoms with E-state index in [2.05, 4.69) is 140 Å². The van der Waals surface area contributed by atoms with Crippen LogP contribution in [0.15, 0.2) is 170 Å². The molecule has 0 radical (unpaired) electrons. The first kappa shape index (κ1) is 30.9. The molecule has 6 aromatic rings. The Kier molecular flexibility index (Phi) is 12.9. The molecule has 0 saturated heterocycles. The molecule has 0 nitrogen and oxygen atoms in total. The smallest absolute Gasteiger partial charge is 0 e. The van der Waals surface area contributed by atoms with E-state index in [1.54, 1.807) is 10.6 Å². The summed E-state index contributed by atoms with van der Waals surface area (Å²) in [5.41, 5.74) is 5.77. The van der Waals surface area contributed by atoms with Crippen molar-refractivity contribution in [2.24, 2.45) is 0 Å². The van der Waals surface area contributed by atoms with Crippen molar-refractivity contribution in [2.45, 2.75) is 24.6 Å². The van der Waals surface area contributed by atoms with Gasteiger partial charge in [0.25, 0.3) is 0 Å². The SMILES string of the molecule is [Cr].[cH-]1[cH-][cH-][cH-][cH-]1.c1ccc(CP(Cc2ccccc2)c2ccc[c-]2P(Cc2ccccc2)Cc2ccccc2)cc1.